The van der Waals surface area contributed by atoms with Crippen LogP contribution in [0.5, 0.6) is 0 Å². The van der Waals surface area contributed by atoms with E-state index in [1.54, 1.807) is 48.5 Å². The number of nitrogens with zero attached hydrogens (tertiary/aromatic N) is 5. The van der Waals surface area contributed by atoms with Gasteiger partial charge in [-0.25, -0.2) is 19.2 Å². The third-order valence-corrected chi connectivity index (χ3v) is 12.6. The second-order valence-corrected chi connectivity index (χ2v) is 21.1. The van der Waals surface area contributed by atoms with Gasteiger partial charge in [0.2, 0.25) is 0 Å². The Bertz CT molecular complexity index is 1680. The van der Waals surface area contributed by atoms with Gasteiger partial charge in [-0.3, -0.25) is 14.6 Å². The van der Waals surface area contributed by atoms with Crippen LogP contribution in [0.3, 0.4) is 0 Å². The molecule has 376 valence electrons. The Kier molecular flexibility index (Phi) is 20.7. The van der Waals surface area contributed by atoms with Crippen molar-refractivity contribution in [2.75, 3.05) is 33.9 Å². The molecule has 2 amide bonds. The lowest BCUT2D eigenvalue weighted by molar-refractivity contribution is -0.147. The molecule has 0 unspecified atom stereocenters. The molecule has 4 fully saturated rings. The van der Waals surface area contributed by atoms with E-state index in [1.165, 1.54) is 30.9 Å². The number of ether oxygens (including phenoxy) is 5. The number of methoxy groups -OCH3 is 2. The highest BCUT2D eigenvalue weighted by atomic mass is 16.7. The van der Waals surface area contributed by atoms with Gasteiger partial charge < -0.3 is 48.0 Å². The minimum atomic E-state index is -0.881. The number of azide groups is 1. The minimum absolute atomic E-state index is 0.0971. The summed E-state index contributed by atoms with van der Waals surface area (Å²) in [6.07, 6.45) is 2.74. The predicted molar refractivity (Wildman–Crippen MR) is 248 cm³/mol. The number of carbonyl (C=O) groups is 5. The lowest BCUT2D eigenvalue weighted by Gasteiger charge is -2.32. The van der Waals surface area contributed by atoms with Gasteiger partial charge in [0.05, 0.1) is 49.3 Å². The van der Waals surface area contributed by atoms with Crippen molar-refractivity contribution in [2.24, 2.45) is 22.7 Å². The molecule has 20 nitrogen and oxygen atoms in total. The number of hydrogen-bond donors (Lipinski definition) is 1. The summed E-state index contributed by atoms with van der Waals surface area (Å²) in [5.74, 6) is -1.83. The van der Waals surface area contributed by atoms with Crippen molar-refractivity contribution in [3.8, 4) is 0 Å². The largest absolute Gasteiger partial charge is 0.467 e. The average Bonchev–Trinajstić information content (AvgIpc) is 3.82. The van der Waals surface area contributed by atoms with Crippen molar-refractivity contribution in [3.63, 3.8) is 0 Å². The maximum Gasteiger partial charge on any atom is 0.457 e. The topological polar surface area (TPSA) is 250 Å². The fraction of sp³-hybridized carbons (Fsp3) is 0.886. The lowest BCUT2D eigenvalue weighted by Crippen LogP contribution is -2.46. The molecule has 0 spiro atoms. The zero-order valence-corrected chi connectivity index (χ0v) is 43.0. The number of hydrogen-bond acceptors (Lipinski definition) is 16. The van der Waals surface area contributed by atoms with Gasteiger partial charge in [-0.2, -0.15) is 0 Å². The second kappa shape index (κ2) is 23.5. The van der Waals surface area contributed by atoms with Crippen LogP contribution in [-0.4, -0.2) is 146 Å². The van der Waals surface area contributed by atoms with Crippen molar-refractivity contribution in [1.82, 2.24) is 9.80 Å². The van der Waals surface area contributed by atoms with Gasteiger partial charge in [0.1, 0.15) is 23.3 Å². The van der Waals surface area contributed by atoms with Gasteiger partial charge in [0, 0.05) is 42.8 Å². The number of rotatable bonds is 12. The summed E-state index contributed by atoms with van der Waals surface area (Å²) in [5, 5.41) is 3.86. The van der Waals surface area contributed by atoms with Crippen LogP contribution in [0, 0.1) is 11.8 Å². The van der Waals surface area contributed by atoms with Crippen molar-refractivity contribution < 1.29 is 66.3 Å². The number of esters is 3. The van der Waals surface area contributed by atoms with E-state index >= 15 is 0 Å². The van der Waals surface area contributed by atoms with E-state index in [0.717, 1.165) is 6.42 Å². The summed E-state index contributed by atoms with van der Waals surface area (Å²) in [5.41, 5.74) is 12.4. The zero-order valence-electron chi connectivity index (χ0n) is 43.0. The van der Waals surface area contributed by atoms with Gasteiger partial charge >= 0.3 is 44.3 Å². The van der Waals surface area contributed by atoms with Crippen LogP contribution in [0.1, 0.15) is 136 Å². The molecule has 0 aromatic rings. The minimum Gasteiger partial charge on any atom is -0.467 e. The molecule has 0 aromatic carbocycles. The Balaban J connectivity index is 0.000000404. The molecule has 0 radical (unpaired) electrons. The first kappa shape index (κ1) is 58.3. The summed E-state index contributed by atoms with van der Waals surface area (Å²) in [6, 6.07) is -2.51. The first-order chi connectivity index (χ1) is 30.2. The Morgan fingerprint density at radius 2 is 1.06 bits per heavy atom. The van der Waals surface area contributed by atoms with E-state index in [-0.39, 0.29) is 56.5 Å². The number of carbonyl (C=O) groups excluding carboxylic acids is 5. The van der Waals surface area contributed by atoms with E-state index < -0.39 is 70.6 Å². The quantitative estimate of drug-likeness (QED) is 0.0511. The fourth-order valence-electron chi connectivity index (χ4n) is 8.02. The normalized spacial score (nSPS) is 25.9. The van der Waals surface area contributed by atoms with Crippen LogP contribution >= 0.6 is 0 Å². The first-order valence-electron chi connectivity index (χ1n) is 23.0. The van der Waals surface area contributed by atoms with E-state index in [0.29, 0.717) is 38.5 Å². The van der Waals surface area contributed by atoms with E-state index in [2.05, 4.69) is 14.8 Å². The van der Waals surface area contributed by atoms with Crippen LogP contribution in [0.15, 0.2) is 5.11 Å². The zero-order chi connectivity index (χ0) is 50.8. The summed E-state index contributed by atoms with van der Waals surface area (Å²) in [7, 11) is 1.94. The lowest BCUT2D eigenvalue weighted by atomic mass is 9.79. The number of likely N-dealkylation sites (tertiary alicyclic amines) is 2. The molecule has 4 aliphatic rings. The maximum atomic E-state index is 12.7. The molecule has 22 heteroatoms. The molecule has 4 saturated heterocycles. The van der Waals surface area contributed by atoms with E-state index in [9.17, 15) is 24.0 Å². The molecular formula is C44H80B2N6O14. The van der Waals surface area contributed by atoms with Crippen LogP contribution < -0.4 is 5.73 Å². The fourth-order valence-corrected chi connectivity index (χ4v) is 8.02. The Labute approximate surface area is 393 Å². The Morgan fingerprint density at radius 3 is 1.38 bits per heavy atom. The van der Waals surface area contributed by atoms with Gasteiger partial charge in [-0.05, 0) is 135 Å². The standard InChI is InChI=1S/C20H35BN4O6.C20H37BN2O6.C4H8O2/c1-18(2,3)29-17(27)25-12-14(23-24-22)13(15(25)16(26)28-8)10-9-11-21-30-19(4,5)20(6,7)31-21;1-18(2,3)27-17(25)23-12-14(22)13(15(23)16(24)26-8)10-9-11-21-28-19(4,5)20(6,7)29-21;1-3-6-4(2)5/h13-15H,9-12H2,1-8H3;13-15H,9-12,22H2,1-8H3;3H2,1-2H3/t2*13-,14+,15+;/m11./s1. The molecule has 4 heterocycles. The van der Waals surface area contributed by atoms with Crippen molar-refractivity contribution >= 4 is 44.3 Å². The van der Waals surface area contributed by atoms with Gasteiger partial charge in [-0.1, -0.05) is 18.0 Å². The summed E-state index contributed by atoms with van der Waals surface area (Å²) >= 11 is 0. The van der Waals surface area contributed by atoms with Gasteiger partial charge in [0.15, 0.2) is 0 Å². The monoisotopic (exact) mass is 939 g/mol. The molecule has 6 atom stereocenters. The predicted octanol–water partition coefficient (Wildman–Crippen LogP) is 7.11. The molecular weight excluding hydrogens is 858 g/mol. The third kappa shape index (κ3) is 16.2. The average molecular weight is 939 g/mol. The molecule has 66 heavy (non-hydrogen) atoms. The van der Waals surface area contributed by atoms with Crippen molar-refractivity contribution in [3.05, 3.63) is 10.4 Å². The highest BCUT2D eigenvalue weighted by Crippen LogP contribution is 2.41. The first-order valence-corrected chi connectivity index (χ1v) is 23.0. The molecule has 4 rings (SSSR count). The van der Waals surface area contributed by atoms with Crippen molar-refractivity contribution in [2.45, 2.75) is 207 Å². The Hall–Kier alpha value is -3.81. The van der Waals surface area contributed by atoms with E-state index in [4.69, 9.17) is 48.8 Å². The molecule has 0 bridgehead atoms. The highest BCUT2D eigenvalue weighted by Gasteiger charge is 2.54. The molecule has 0 aliphatic carbocycles. The third-order valence-electron chi connectivity index (χ3n) is 12.6. The summed E-state index contributed by atoms with van der Waals surface area (Å²) in [4.78, 5) is 65.9. The number of amides is 2. The van der Waals surface area contributed by atoms with Crippen molar-refractivity contribution in [1.29, 1.82) is 0 Å². The SMILES string of the molecule is CCOC(C)=O.COC(=O)[C@@H]1[C@H](CCCB2OC(C)(C)C(C)(C)O2)[C@@H](N)CN1C(=O)OC(C)(C)C.COC(=O)[C@@H]1[C@H](CCCB2OC(C)(C)C(C)(C)O2)[C@@H](N=[N+]=[N-])CN1C(=O)OC(C)(C)C. The van der Waals surface area contributed by atoms with Gasteiger partial charge in [-0.15, -0.1) is 0 Å². The smallest absolute Gasteiger partial charge is 0.457 e. The molecule has 4 aliphatic heterocycles. The van der Waals surface area contributed by atoms with Crippen LogP contribution in [-0.2, 0) is 56.7 Å². The van der Waals surface area contributed by atoms with E-state index in [1.807, 2.05) is 55.4 Å². The Morgan fingerprint density at radius 1 is 0.697 bits per heavy atom. The molecule has 0 aromatic heterocycles. The highest BCUT2D eigenvalue weighted by molar-refractivity contribution is 6.45. The van der Waals surface area contributed by atoms with Gasteiger partial charge in [0.25, 0.3) is 0 Å². The second-order valence-electron chi connectivity index (χ2n) is 21.1. The van der Waals surface area contributed by atoms with Crippen LogP contribution in [0.25, 0.3) is 10.4 Å². The van der Waals surface area contributed by atoms with Crippen LogP contribution in [0.4, 0.5) is 9.59 Å². The molecule has 0 saturated carbocycles. The van der Waals surface area contributed by atoms with Crippen LogP contribution in [0.2, 0.25) is 12.6 Å². The number of nitrogens with two attached hydrogens (primary N) is 1. The molecule has 2 N–H and O–H groups in total. The summed E-state index contributed by atoms with van der Waals surface area (Å²) < 4.78 is 49.4. The maximum absolute atomic E-state index is 12.7. The summed E-state index contributed by atoms with van der Waals surface area (Å²) in [6.45, 7) is 30.7.